The van der Waals surface area contributed by atoms with E-state index in [1.54, 1.807) is 0 Å². The number of halogens is 2. The lowest BCUT2D eigenvalue weighted by Crippen LogP contribution is -2.27. The van der Waals surface area contributed by atoms with Crippen molar-refractivity contribution >= 4 is 11.6 Å². The third-order valence-corrected chi connectivity index (χ3v) is 3.02. The molecule has 1 N–H and O–H groups in total. The number of nitrogens with zero attached hydrogens (tertiary/aromatic N) is 1. The van der Waals surface area contributed by atoms with Crippen LogP contribution in [0.4, 0.5) is 14.5 Å². The first-order valence-corrected chi connectivity index (χ1v) is 5.93. The summed E-state index contributed by atoms with van der Waals surface area (Å²) in [5.41, 5.74) is 0.502. The minimum Gasteiger partial charge on any atom is -0.508 e. The Morgan fingerprint density at radius 2 is 1.70 bits per heavy atom. The summed E-state index contributed by atoms with van der Waals surface area (Å²) in [5, 5.41) is 9.20. The van der Waals surface area contributed by atoms with Gasteiger partial charge in [-0.2, -0.15) is 0 Å². The maximum atomic E-state index is 13.7. The molecule has 0 aliphatic rings. The summed E-state index contributed by atoms with van der Waals surface area (Å²) in [6.07, 6.45) is 0. The molecule has 2 rings (SSSR count). The van der Waals surface area contributed by atoms with Crippen LogP contribution in [-0.4, -0.2) is 18.1 Å². The van der Waals surface area contributed by atoms with Gasteiger partial charge in [-0.15, -0.1) is 0 Å². The smallest absolute Gasteiger partial charge is 0.260 e. The summed E-state index contributed by atoms with van der Waals surface area (Å²) >= 11 is 0. The van der Waals surface area contributed by atoms with Crippen molar-refractivity contribution in [2.24, 2.45) is 0 Å². The molecule has 0 radical (unpaired) electrons. The summed E-state index contributed by atoms with van der Waals surface area (Å²) in [6, 6.07) is 7.79. The van der Waals surface area contributed by atoms with E-state index in [2.05, 4.69) is 0 Å². The summed E-state index contributed by atoms with van der Waals surface area (Å²) in [4.78, 5) is 13.4. The first kappa shape index (κ1) is 14.0. The van der Waals surface area contributed by atoms with Gasteiger partial charge in [0, 0.05) is 18.8 Å². The van der Waals surface area contributed by atoms with Gasteiger partial charge < -0.3 is 10.0 Å². The monoisotopic (exact) mass is 277 g/mol. The van der Waals surface area contributed by atoms with Gasteiger partial charge in [0.15, 0.2) is 0 Å². The Balaban J connectivity index is 2.36. The lowest BCUT2D eigenvalue weighted by atomic mass is 10.1. The predicted molar refractivity (Wildman–Crippen MR) is 71.9 cm³/mol. The molecule has 0 spiro atoms. The minimum absolute atomic E-state index is 0.0680. The van der Waals surface area contributed by atoms with E-state index in [4.69, 9.17) is 0 Å². The maximum absolute atomic E-state index is 13.7. The fraction of sp³-hybridized carbons (Fsp3) is 0.133. The fourth-order valence-electron chi connectivity index (χ4n) is 1.80. The van der Waals surface area contributed by atoms with E-state index < -0.39 is 17.5 Å². The largest absolute Gasteiger partial charge is 0.508 e. The summed E-state index contributed by atoms with van der Waals surface area (Å²) in [7, 11) is 1.48. The van der Waals surface area contributed by atoms with Gasteiger partial charge >= 0.3 is 0 Å². The Kier molecular flexibility index (Phi) is 3.70. The molecule has 20 heavy (non-hydrogen) atoms. The van der Waals surface area contributed by atoms with Crippen molar-refractivity contribution < 1.29 is 18.7 Å². The second-order valence-corrected chi connectivity index (χ2v) is 4.46. The first-order valence-electron chi connectivity index (χ1n) is 5.93. The fourth-order valence-corrected chi connectivity index (χ4v) is 1.80. The number of anilines is 1. The number of phenols is 1. The molecule has 0 aliphatic carbocycles. The zero-order valence-electron chi connectivity index (χ0n) is 11.0. The van der Waals surface area contributed by atoms with Crippen LogP contribution in [-0.2, 0) is 0 Å². The molecule has 0 aliphatic heterocycles. The SMILES string of the molecule is Cc1cc(C(=O)N(C)c2ccc(O)cc2)c(F)cc1F. The third kappa shape index (κ3) is 2.61. The molecule has 2 aromatic carbocycles. The van der Waals surface area contributed by atoms with Crippen LogP contribution >= 0.6 is 0 Å². The van der Waals surface area contributed by atoms with E-state index in [9.17, 15) is 18.7 Å². The van der Waals surface area contributed by atoms with Gasteiger partial charge in [0.05, 0.1) is 5.56 Å². The van der Waals surface area contributed by atoms with Crippen LogP contribution in [0.5, 0.6) is 5.75 Å². The van der Waals surface area contributed by atoms with Gasteiger partial charge in [-0.1, -0.05) is 0 Å². The van der Waals surface area contributed by atoms with Gasteiger partial charge in [-0.3, -0.25) is 4.79 Å². The average Bonchev–Trinajstić information content (AvgIpc) is 2.42. The highest BCUT2D eigenvalue weighted by Gasteiger charge is 2.19. The minimum atomic E-state index is -0.899. The zero-order valence-corrected chi connectivity index (χ0v) is 11.0. The number of aromatic hydroxyl groups is 1. The molecule has 0 fully saturated rings. The van der Waals surface area contributed by atoms with Crippen molar-refractivity contribution in [3.05, 3.63) is 59.2 Å². The van der Waals surface area contributed by atoms with Crippen LogP contribution in [0.25, 0.3) is 0 Å². The Hall–Kier alpha value is -2.43. The van der Waals surface area contributed by atoms with Crippen LogP contribution in [0.2, 0.25) is 0 Å². The van der Waals surface area contributed by atoms with E-state index in [1.807, 2.05) is 0 Å². The molecular formula is C15H13F2NO2. The van der Waals surface area contributed by atoms with Gasteiger partial charge in [0.1, 0.15) is 17.4 Å². The molecule has 5 heteroatoms. The Labute approximate surface area is 115 Å². The van der Waals surface area contributed by atoms with Crippen molar-refractivity contribution in [3.8, 4) is 5.75 Å². The highest BCUT2D eigenvalue weighted by molar-refractivity contribution is 6.06. The molecule has 104 valence electrons. The average molecular weight is 277 g/mol. The highest BCUT2D eigenvalue weighted by Crippen LogP contribution is 2.21. The van der Waals surface area contributed by atoms with Gasteiger partial charge in [0.25, 0.3) is 5.91 Å². The van der Waals surface area contributed by atoms with Gasteiger partial charge in [0.2, 0.25) is 0 Å². The summed E-state index contributed by atoms with van der Waals surface area (Å²) in [5.74, 6) is -2.11. The Morgan fingerprint density at radius 1 is 1.10 bits per heavy atom. The topological polar surface area (TPSA) is 40.5 Å². The molecule has 1 amide bonds. The van der Waals surface area contributed by atoms with Gasteiger partial charge in [-0.25, -0.2) is 8.78 Å². The highest BCUT2D eigenvalue weighted by atomic mass is 19.1. The molecule has 0 aromatic heterocycles. The zero-order chi connectivity index (χ0) is 14.9. The van der Waals surface area contributed by atoms with Crippen LogP contribution in [0.15, 0.2) is 36.4 Å². The summed E-state index contributed by atoms with van der Waals surface area (Å²) < 4.78 is 26.9. The third-order valence-electron chi connectivity index (χ3n) is 3.02. The van der Waals surface area contributed by atoms with Crippen LogP contribution < -0.4 is 4.90 Å². The van der Waals surface area contributed by atoms with E-state index in [1.165, 1.54) is 49.2 Å². The number of phenolic OH excluding ortho intramolecular Hbond substituents is 1. The molecule has 3 nitrogen and oxygen atoms in total. The van der Waals surface area contributed by atoms with Crippen molar-refractivity contribution in [1.82, 2.24) is 0 Å². The second-order valence-electron chi connectivity index (χ2n) is 4.46. The first-order chi connectivity index (χ1) is 9.40. The van der Waals surface area contributed by atoms with Crippen molar-refractivity contribution in [2.45, 2.75) is 6.92 Å². The number of hydrogen-bond acceptors (Lipinski definition) is 2. The molecular weight excluding hydrogens is 264 g/mol. The van der Waals surface area contributed by atoms with E-state index in [0.717, 1.165) is 0 Å². The lowest BCUT2D eigenvalue weighted by Gasteiger charge is -2.18. The number of benzene rings is 2. The van der Waals surface area contributed by atoms with E-state index >= 15 is 0 Å². The van der Waals surface area contributed by atoms with Crippen LogP contribution in [0.1, 0.15) is 15.9 Å². The van der Waals surface area contributed by atoms with Crippen LogP contribution in [0.3, 0.4) is 0 Å². The van der Waals surface area contributed by atoms with Crippen molar-refractivity contribution in [1.29, 1.82) is 0 Å². The summed E-state index contributed by atoms with van der Waals surface area (Å²) in [6.45, 7) is 1.46. The number of carbonyl (C=O) groups is 1. The second kappa shape index (κ2) is 5.28. The van der Waals surface area contributed by atoms with Crippen molar-refractivity contribution in [3.63, 3.8) is 0 Å². The van der Waals surface area contributed by atoms with Crippen molar-refractivity contribution in [2.75, 3.05) is 11.9 Å². The number of aryl methyl sites for hydroxylation is 1. The lowest BCUT2D eigenvalue weighted by molar-refractivity contribution is 0.0989. The normalized spacial score (nSPS) is 10.4. The molecule has 2 aromatic rings. The molecule has 0 saturated carbocycles. The molecule has 0 unspecified atom stereocenters. The van der Waals surface area contributed by atoms with Gasteiger partial charge in [-0.05, 0) is 42.8 Å². The maximum Gasteiger partial charge on any atom is 0.260 e. The molecule has 0 atom stereocenters. The van der Waals surface area contributed by atoms with Crippen LogP contribution in [0, 0.1) is 18.6 Å². The quantitative estimate of drug-likeness (QED) is 0.915. The van der Waals surface area contributed by atoms with E-state index in [-0.39, 0.29) is 16.9 Å². The number of hydrogen-bond donors (Lipinski definition) is 1. The molecule has 0 bridgehead atoms. The number of amides is 1. The Morgan fingerprint density at radius 3 is 2.30 bits per heavy atom. The molecule has 0 heterocycles. The predicted octanol–water partition coefficient (Wildman–Crippen LogP) is 3.26. The standard InChI is InChI=1S/C15H13F2NO2/c1-9-7-12(14(17)8-13(9)16)15(20)18(2)10-3-5-11(19)6-4-10/h3-8,19H,1-2H3. The molecule has 0 saturated heterocycles. The number of carbonyl (C=O) groups excluding carboxylic acids is 1. The van der Waals surface area contributed by atoms with E-state index in [0.29, 0.717) is 11.8 Å². The number of rotatable bonds is 2. The Bertz CT molecular complexity index is 654.